The normalized spacial score (nSPS) is 10.6. The first-order chi connectivity index (χ1) is 14.4. The number of fused-ring (bicyclic) bond motifs is 1. The van der Waals surface area contributed by atoms with Crippen LogP contribution in [0.5, 0.6) is 5.75 Å². The molecule has 2 aromatic carbocycles. The van der Waals surface area contributed by atoms with Crippen LogP contribution in [0.15, 0.2) is 42.5 Å². The van der Waals surface area contributed by atoms with Crippen molar-refractivity contribution in [1.82, 2.24) is 5.32 Å². The molecule has 1 heterocycles. The van der Waals surface area contributed by atoms with Crippen molar-refractivity contribution in [3.8, 4) is 5.75 Å². The van der Waals surface area contributed by atoms with Crippen molar-refractivity contribution >= 4 is 50.7 Å². The molecule has 30 heavy (non-hydrogen) atoms. The van der Waals surface area contributed by atoms with Gasteiger partial charge in [-0.15, -0.1) is 11.3 Å². The van der Waals surface area contributed by atoms with Crippen LogP contribution in [0.2, 0.25) is 5.02 Å². The van der Waals surface area contributed by atoms with E-state index in [9.17, 15) is 14.4 Å². The lowest BCUT2D eigenvalue weighted by atomic mass is 10.1. The second-order valence-electron chi connectivity index (χ2n) is 6.40. The lowest BCUT2D eigenvalue weighted by Crippen LogP contribution is -2.30. The van der Waals surface area contributed by atoms with Crippen molar-refractivity contribution in [2.24, 2.45) is 0 Å². The Bertz CT molecular complexity index is 1110. The molecule has 0 aliphatic heterocycles. The third kappa shape index (κ3) is 4.98. The van der Waals surface area contributed by atoms with E-state index in [2.05, 4.69) is 5.32 Å². The standard InChI is InChI=1S/C22H20ClNO5S/c1-3-28-17-9-8-14(13(2)25)10-15(17)12-29-19(26)11-24-22(27)21-20(23)16-6-4-5-7-18(16)30-21/h4-10H,3,11-12H2,1-2H3,(H,24,27). The Hall–Kier alpha value is -2.90. The third-order valence-corrected chi connectivity index (χ3v) is 5.96. The molecule has 6 nitrogen and oxygen atoms in total. The summed E-state index contributed by atoms with van der Waals surface area (Å²) in [5.74, 6) is -0.613. The Labute approximate surface area is 182 Å². The average Bonchev–Trinajstić information content (AvgIpc) is 3.08. The summed E-state index contributed by atoms with van der Waals surface area (Å²) < 4.78 is 11.7. The minimum Gasteiger partial charge on any atom is -0.493 e. The van der Waals surface area contributed by atoms with Gasteiger partial charge in [0.15, 0.2) is 5.78 Å². The summed E-state index contributed by atoms with van der Waals surface area (Å²) in [6.07, 6.45) is 0. The van der Waals surface area contributed by atoms with E-state index >= 15 is 0 Å². The second-order valence-corrected chi connectivity index (χ2v) is 7.83. The van der Waals surface area contributed by atoms with E-state index in [1.54, 1.807) is 18.2 Å². The maximum atomic E-state index is 12.4. The van der Waals surface area contributed by atoms with Gasteiger partial charge in [0.25, 0.3) is 5.91 Å². The van der Waals surface area contributed by atoms with E-state index in [0.29, 0.717) is 33.4 Å². The van der Waals surface area contributed by atoms with Crippen molar-refractivity contribution in [3.63, 3.8) is 0 Å². The number of ketones is 1. The summed E-state index contributed by atoms with van der Waals surface area (Å²) in [5, 5.41) is 3.69. The molecular formula is C22H20ClNO5S. The third-order valence-electron chi connectivity index (χ3n) is 4.29. The van der Waals surface area contributed by atoms with Crippen LogP contribution >= 0.6 is 22.9 Å². The average molecular weight is 446 g/mol. The molecule has 0 aliphatic rings. The fourth-order valence-corrected chi connectivity index (χ4v) is 4.24. The number of carbonyl (C=O) groups excluding carboxylic acids is 3. The van der Waals surface area contributed by atoms with Gasteiger partial charge in [0.2, 0.25) is 0 Å². The molecule has 0 bridgehead atoms. The van der Waals surface area contributed by atoms with Gasteiger partial charge in [0, 0.05) is 21.2 Å². The molecule has 0 saturated heterocycles. The van der Waals surface area contributed by atoms with E-state index < -0.39 is 11.9 Å². The molecule has 156 valence electrons. The molecule has 8 heteroatoms. The van der Waals surface area contributed by atoms with Gasteiger partial charge in [-0.25, -0.2) is 0 Å². The SMILES string of the molecule is CCOc1ccc(C(C)=O)cc1COC(=O)CNC(=O)c1sc2ccccc2c1Cl. The van der Waals surface area contributed by atoms with E-state index in [1.165, 1.54) is 18.3 Å². The Morgan fingerprint density at radius 3 is 2.60 bits per heavy atom. The quantitative estimate of drug-likeness (QED) is 0.404. The number of rotatable bonds is 8. The van der Waals surface area contributed by atoms with Gasteiger partial charge < -0.3 is 14.8 Å². The summed E-state index contributed by atoms with van der Waals surface area (Å²) in [4.78, 5) is 36.5. The summed E-state index contributed by atoms with van der Waals surface area (Å²) in [6, 6.07) is 12.4. The van der Waals surface area contributed by atoms with Crippen molar-refractivity contribution in [2.75, 3.05) is 13.2 Å². The van der Waals surface area contributed by atoms with E-state index in [-0.39, 0.29) is 18.9 Å². The van der Waals surface area contributed by atoms with Gasteiger partial charge in [-0.3, -0.25) is 14.4 Å². The van der Waals surface area contributed by atoms with Crippen LogP contribution in [0.4, 0.5) is 0 Å². The van der Waals surface area contributed by atoms with Gasteiger partial charge in [0.1, 0.15) is 23.8 Å². The fraction of sp³-hybridized carbons (Fsp3) is 0.227. The maximum Gasteiger partial charge on any atom is 0.325 e. The molecule has 1 N–H and O–H groups in total. The van der Waals surface area contributed by atoms with Crippen molar-refractivity contribution in [1.29, 1.82) is 0 Å². The summed E-state index contributed by atoms with van der Waals surface area (Å²) in [5.41, 5.74) is 1.08. The number of benzene rings is 2. The van der Waals surface area contributed by atoms with Gasteiger partial charge in [-0.1, -0.05) is 29.8 Å². The van der Waals surface area contributed by atoms with Crippen LogP contribution < -0.4 is 10.1 Å². The molecule has 0 saturated carbocycles. The molecule has 1 amide bonds. The monoisotopic (exact) mass is 445 g/mol. The first kappa shape index (κ1) is 21.8. The van der Waals surface area contributed by atoms with Crippen LogP contribution in [0.1, 0.15) is 39.4 Å². The lowest BCUT2D eigenvalue weighted by molar-refractivity contribution is -0.143. The van der Waals surface area contributed by atoms with Crippen LogP contribution in [-0.2, 0) is 16.1 Å². The fourth-order valence-electron chi connectivity index (χ4n) is 2.81. The molecule has 0 aliphatic carbocycles. The molecule has 0 spiro atoms. The predicted molar refractivity (Wildman–Crippen MR) is 117 cm³/mol. The molecule has 1 aromatic heterocycles. The van der Waals surface area contributed by atoms with E-state index in [0.717, 1.165) is 10.1 Å². The number of esters is 1. The van der Waals surface area contributed by atoms with Gasteiger partial charge in [-0.05, 0) is 38.1 Å². The highest BCUT2D eigenvalue weighted by Crippen LogP contribution is 2.34. The first-order valence-electron chi connectivity index (χ1n) is 9.28. The number of ether oxygens (including phenoxy) is 2. The van der Waals surface area contributed by atoms with E-state index in [1.807, 2.05) is 31.2 Å². The number of thiophene rings is 1. The number of hydrogen-bond donors (Lipinski definition) is 1. The Morgan fingerprint density at radius 2 is 1.90 bits per heavy atom. The molecule has 0 atom stereocenters. The topological polar surface area (TPSA) is 81.7 Å². The molecule has 0 radical (unpaired) electrons. The van der Waals surface area contributed by atoms with Gasteiger partial charge in [-0.2, -0.15) is 0 Å². The number of amides is 1. The number of Topliss-reactive ketones (excluding diaryl/α,β-unsaturated/α-hetero) is 1. The van der Waals surface area contributed by atoms with Crippen molar-refractivity contribution in [3.05, 3.63) is 63.5 Å². The summed E-state index contributed by atoms with van der Waals surface area (Å²) in [7, 11) is 0. The maximum absolute atomic E-state index is 12.4. The zero-order chi connectivity index (χ0) is 21.7. The van der Waals surface area contributed by atoms with Crippen LogP contribution in [0.25, 0.3) is 10.1 Å². The Balaban J connectivity index is 1.61. The highest BCUT2D eigenvalue weighted by molar-refractivity contribution is 7.21. The molecule has 3 rings (SSSR count). The number of hydrogen-bond acceptors (Lipinski definition) is 6. The number of carbonyl (C=O) groups is 3. The smallest absolute Gasteiger partial charge is 0.325 e. The minimum atomic E-state index is -0.615. The Morgan fingerprint density at radius 1 is 1.13 bits per heavy atom. The Kier molecular flexibility index (Phi) is 7.07. The van der Waals surface area contributed by atoms with Gasteiger partial charge >= 0.3 is 5.97 Å². The lowest BCUT2D eigenvalue weighted by Gasteiger charge is -2.12. The molecule has 0 fully saturated rings. The summed E-state index contributed by atoms with van der Waals surface area (Å²) in [6.45, 7) is 3.35. The highest BCUT2D eigenvalue weighted by atomic mass is 35.5. The first-order valence-corrected chi connectivity index (χ1v) is 10.5. The van der Waals surface area contributed by atoms with E-state index in [4.69, 9.17) is 21.1 Å². The minimum absolute atomic E-state index is 0.0746. The second kappa shape index (κ2) is 9.73. The van der Waals surface area contributed by atoms with Crippen LogP contribution in [-0.4, -0.2) is 30.8 Å². The summed E-state index contributed by atoms with van der Waals surface area (Å²) >= 11 is 7.55. The highest BCUT2D eigenvalue weighted by Gasteiger charge is 2.18. The number of nitrogens with one attached hydrogen (secondary N) is 1. The molecular weight excluding hydrogens is 426 g/mol. The van der Waals surface area contributed by atoms with Crippen molar-refractivity contribution in [2.45, 2.75) is 20.5 Å². The van der Waals surface area contributed by atoms with Gasteiger partial charge in [0.05, 0.1) is 11.6 Å². The molecule has 3 aromatic rings. The zero-order valence-electron chi connectivity index (χ0n) is 16.5. The van der Waals surface area contributed by atoms with Crippen LogP contribution in [0.3, 0.4) is 0 Å². The zero-order valence-corrected chi connectivity index (χ0v) is 18.1. The molecule has 0 unspecified atom stereocenters. The predicted octanol–water partition coefficient (Wildman–Crippen LogP) is 4.63. The van der Waals surface area contributed by atoms with Crippen molar-refractivity contribution < 1.29 is 23.9 Å². The largest absolute Gasteiger partial charge is 0.493 e. The number of halogens is 1. The van der Waals surface area contributed by atoms with Crippen LogP contribution in [0, 0.1) is 0 Å².